The van der Waals surface area contributed by atoms with Gasteiger partial charge in [0.25, 0.3) is 0 Å². The molecule has 0 unspecified atom stereocenters. The van der Waals surface area contributed by atoms with E-state index in [2.05, 4.69) is 4.99 Å². The second-order valence-electron chi connectivity index (χ2n) is 4.62. The van der Waals surface area contributed by atoms with Gasteiger partial charge in [-0.25, -0.2) is 9.79 Å². The van der Waals surface area contributed by atoms with E-state index < -0.39 is 0 Å². The van der Waals surface area contributed by atoms with E-state index in [1.807, 2.05) is 55.4 Å². The predicted octanol–water partition coefficient (Wildman–Crippen LogP) is 3.81. The smallest absolute Gasteiger partial charge is 0.341 e. The topological polar surface area (TPSA) is 41.9 Å². The summed E-state index contributed by atoms with van der Waals surface area (Å²) in [4.78, 5) is 19.3. The van der Waals surface area contributed by atoms with Crippen LogP contribution in [0.15, 0.2) is 41.4 Å². The lowest BCUT2D eigenvalue weighted by Crippen LogP contribution is -2.07. The van der Waals surface area contributed by atoms with E-state index in [0.717, 1.165) is 10.4 Å². The molecule has 0 aliphatic heterocycles. The Morgan fingerprint density at radius 3 is 2.67 bits per heavy atom. The van der Waals surface area contributed by atoms with Crippen molar-refractivity contribution in [2.24, 2.45) is 4.99 Å². The molecule has 0 aliphatic rings. The molecule has 110 valence electrons. The van der Waals surface area contributed by atoms with Gasteiger partial charge in [-0.3, -0.25) is 0 Å². The summed E-state index contributed by atoms with van der Waals surface area (Å²) in [6, 6.07) is 11.8. The number of rotatable bonds is 5. The van der Waals surface area contributed by atoms with Gasteiger partial charge in [0.15, 0.2) is 0 Å². The summed E-state index contributed by atoms with van der Waals surface area (Å²) < 4.78 is 5.10. The average molecular weight is 302 g/mol. The highest BCUT2D eigenvalue weighted by atomic mass is 32.1. The first-order valence-electron chi connectivity index (χ1n) is 6.68. The first-order chi connectivity index (χ1) is 10.1. The Morgan fingerprint density at radius 1 is 1.33 bits per heavy atom. The number of hydrogen-bond acceptors (Lipinski definition) is 4. The van der Waals surface area contributed by atoms with Crippen LogP contribution in [0.25, 0.3) is 10.4 Å². The van der Waals surface area contributed by atoms with Crippen molar-refractivity contribution in [3.05, 3.63) is 42.0 Å². The minimum atomic E-state index is -0.332. The third-order valence-corrected chi connectivity index (χ3v) is 3.76. The lowest BCUT2D eigenvalue weighted by molar-refractivity contribution is 0.0528. The third-order valence-electron chi connectivity index (χ3n) is 2.67. The maximum atomic E-state index is 12.1. The molecule has 1 aromatic carbocycles. The molecular weight excluding hydrogens is 284 g/mol. The van der Waals surface area contributed by atoms with Gasteiger partial charge >= 0.3 is 5.97 Å². The molecule has 0 saturated carbocycles. The zero-order valence-electron chi connectivity index (χ0n) is 12.4. The van der Waals surface area contributed by atoms with Gasteiger partial charge < -0.3 is 9.64 Å². The van der Waals surface area contributed by atoms with Crippen LogP contribution in [0.4, 0.5) is 5.00 Å². The normalized spacial score (nSPS) is 10.8. The molecule has 0 amide bonds. The molecule has 0 atom stereocenters. The van der Waals surface area contributed by atoms with Gasteiger partial charge in [-0.05, 0) is 18.6 Å². The van der Waals surface area contributed by atoms with Crippen LogP contribution >= 0.6 is 11.3 Å². The van der Waals surface area contributed by atoms with Crippen molar-refractivity contribution in [3.8, 4) is 10.4 Å². The maximum absolute atomic E-state index is 12.1. The Labute approximate surface area is 128 Å². The number of esters is 1. The first kappa shape index (κ1) is 15.3. The Morgan fingerprint density at radius 2 is 2.05 bits per heavy atom. The largest absolute Gasteiger partial charge is 0.462 e. The Balaban J connectivity index is 2.42. The zero-order chi connectivity index (χ0) is 15.2. The molecule has 0 aliphatic carbocycles. The van der Waals surface area contributed by atoms with Crippen LogP contribution in [0.1, 0.15) is 17.3 Å². The van der Waals surface area contributed by atoms with E-state index in [9.17, 15) is 4.79 Å². The predicted molar refractivity (Wildman–Crippen MR) is 87.6 cm³/mol. The highest BCUT2D eigenvalue weighted by Crippen LogP contribution is 2.37. The van der Waals surface area contributed by atoms with Gasteiger partial charge in [0, 0.05) is 19.0 Å². The van der Waals surface area contributed by atoms with Crippen molar-refractivity contribution in [2.75, 3.05) is 20.7 Å². The molecule has 0 radical (unpaired) electrons. The number of carbonyl (C=O) groups excluding carboxylic acids is 1. The lowest BCUT2D eigenvalue weighted by Gasteiger charge is -2.02. The number of carbonyl (C=O) groups is 1. The molecule has 0 bridgehead atoms. The molecule has 2 rings (SSSR count). The summed E-state index contributed by atoms with van der Waals surface area (Å²) in [5.41, 5.74) is 1.58. The molecule has 0 fully saturated rings. The molecule has 2 aromatic rings. The van der Waals surface area contributed by atoms with E-state index in [1.165, 1.54) is 11.3 Å². The minimum absolute atomic E-state index is 0.332. The summed E-state index contributed by atoms with van der Waals surface area (Å²) in [6.07, 6.45) is 1.68. The second-order valence-corrected chi connectivity index (χ2v) is 5.65. The summed E-state index contributed by atoms with van der Waals surface area (Å²) in [5, 5.41) is 0.668. The Bertz CT molecular complexity index is 633. The van der Waals surface area contributed by atoms with Gasteiger partial charge in [-0.15, -0.1) is 11.3 Å². The van der Waals surface area contributed by atoms with Gasteiger partial charge in [-0.1, -0.05) is 30.3 Å². The van der Waals surface area contributed by atoms with Crippen molar-refractivity contribution in [1.29, 1.82) is 0 Å². The average Bonchev–Trinajstić information content (AvgIpc) is 2.90. The van der Waals surface area contributed by atoms with Crippen molar-refractivity contribution < 1.29 is 9.53 Å². The van der Waals surface area contributed by atoms with Gasteiger partial charge in [0.1, 0.15) is 5.00 Å². The number of thiophene rings is 1. The van der Waals surface area contributed by atoms with Crippen LogP contribution in [0, 0.1) is 0 Å². The van der Waals surface area contributed by atoms with E-state index in [1.54, 1.807) is 13.3 Å². The number of nitrogens with zero attached hydrogens (tertiary/aromatic N) is 2. The molecule has 1 heterocycles. The van der Waals surface area contributed by atoms with E-state index >= 15 is 0 Å². The highest BCUT2D eigenvalue weighted by Gasteiger charge is 2.17. The highest BCUT2D eigenvalue weighted by molar-refractivity contribution is 7.19. The quantitative estimate of drug-likeness (QED) is 0.479. The standard InChI is InChI=1S/C16H18N2O2S/c1-4-20-16(19)13-10-14(12-8-6-5-7-9-12)21-15(13)17-11-18(2)3/h5-11H,4H2,1-3H3. The number of aliphatic imine (C=N–C) groups is 1. The fourth-order valence-electron chi connectivity index (χ4n) is 1.74. The lowest BCUT2D eigenvalue weighted by atomic mass is 10.1. The zero-order valence-corrected chi connectivity index (χ0v) is 13.2. The third kappa shape index (κ3) is 3.92. The van der Waals surface area contributed by atoms with Crippen LogP contribution < -0.4 is 0 Å². The van der Waals surface area contributed by atoms with Gasteiger partial charge in [0.2, 0.25) is 0 Å². The van der Waals surface area contributed by atoms with Crippen LogP contribution in [0.3, 0.4) is 0 Å². The van der Waals surface area contributed by atoms with E-state index in [0.29, 0.717) is 17.2 Å². The van der Waals surface area contributed by atoms with Crippen molar-refractivity contribution in [1.82, 2.24) is 4.90 Å². The molecule has 5 heteroatoms. The van der Waals surface area contributed by atoms with Crippen LogP contribution in [-0.4, -0.2) is 37.9 Å². The maximum Gasteiger partial charge on any atom is 0.341 e. The summed E-state index contributed by atoms with van der Waals surface area (Å²) >= 11 is 1.48. The molecule has 0 N–H and O–H groups in total. The second kappa shape index (κ2) is 7.04. The number of hydrogen-bond donors (Lipinski definition) is 0. The number of ether oxygens (including phenoxy) is 1. The van der Waals surface area contributed by atoms with E-state index in [-0.39, 0.29) is 5.97 Å². The van der Waals surface area contributed by atoms with Gasteiger partial charge in [-0.2, -0.15) is 0 Å². The summed E-state index contributed by atoms with van der Waals surface area (Å²) in [5.74, 6) is -0.332. The minimum Gasteiger partial charge on any atom is -0.462 e. The molecular formula is C16H18N2O2S. The van der Waals surface area contributed by atoms with Crippen LogP contribution in [0.2, 0.25) is 0 Å². The Hall–Kier alpha value is -2.14. The molecule has 0 saturated heterocycles. The Kier molecular flexibility index (Phi) is 5.11. The van der Waals surface area contributed by atoms with Gasteiger partial charge in [0.05, 0.1) is 18.5 Å². The van der Waals surface area contributed by atoms with Crippen molar-refractivity contribution >= 4 is 28.6 Å². The fourth-order valence-corrected chi connectivity index (χ4v) is 2.74. The summed E-state index contributed by atoms with van der Waals surface area (Å²) in [7, 11) is 3.78. The van der Waals surface area contributed by atoms with E-state index in [4.69, 9.17) is 4.74 Å². The molecule has 4 nitrogen and oxygen atoms in total. The monoisotopic (exact) mass is 302 g/mol. The fraction of sp³-hybridized carbons (Fsp3) is 0.250. The van der Waals surface area contributed by atoms with Crippen molar-refractivity contribution in [3.63, 3.8) is 0 Å². The molecule has 0 spiro atoms. The molecule has 21 heavy (non-hydrogen) atoms. The van der Waals surface area contributed by atoms with Crippen LogP contribution in [-0.2, 0) is 4.74 Å². The molecule has 1 aromatic heterocycles. The number of benzene rings is 1. The first-order valence-corrected chi connectivity index (χ1v) is 7.50. The summed E-state index contributed by atoms with van der Waals surface area (Å²) in [6.45, 7) is 2.15. The van der Waals surface area contributed by atoms with Crippen LogP contribution in [0.5, 0.6) is 0 Å². The SMILES string of the molecule is CCOC(=O)c1cc(-c2ccccc2)sc1N=CN(C)C. The van der Waals surface area contributed by atoms with Crippen molar-refractivity contribution in [2.45, 2.75) is 6.92 Å².